The maximum atomic E-state index is 11.7. The monoisotopic (exact) mass is 442 g/mol. The van der Waals surface area contributed by atoms with Crippen molar-refractivity contribution in [2.75, 3.05) is 6.61 Å². The van der Waals surface area contributed by atoms with E-state index in [4.69, 9.17) is 4.74 Å². The predicted molar refractivity (Wildman–Crippen MR) is 106 cm³/mol. The van der Waals surface area contributed by atoms with Crippen LogP contribution in [0.15, 0.2) is 12.3 Å². The third-order valence-corrected chi connectivity index (χ3v) is 5.35. The van der Waals surface area contributed by atoms with Gasteiger partial charge in [-0.1, -0.05) is 77.2 Å². The van der Waals surface area contributed by atoms with Gasteiger partial charge < -0.3 is 14.0 Å². The molecule has 0 aliphatic carbocycles. The van der Waals surface area contributed by atoms with Crippen LogP contribution < -0.4 is 29.6 Å². The molecule has 1 atom stereocenters. The molecule has 0 heterocycles. The van der Waals surface area contributed by atoms with Gasteiger partial charge in [-0.25, -0.2) is 8.42 Å². The molecule has 0 amide bonds. The minimum Gasteiger partial charge on any atom is -0.747 e. The molecule has 0 aromatic carbocycles. The van der Waals surface area contributed by atoms with Gasteiger partial charge in [-0.2, -0.15) is 0 Å². The SMILES string of the molecule is C/C=C/OC(=O)C(CC(=O)OCCCCCCCCCCCCC)S(=O)(=O)[O-].[Na+]. The first-order valence-electron chi connectivity index (χ1n) is 10.2. The van der Waals surface area contributed by atoms with Crippen LogP contribution in [0.2, 0.25) is 0 Å². The van der Waals surface area contributed by atoms with Crippen LogP contribution in [0.4, 0.5) is 0 Å². The fourth-order valence-electron chi connectivity index (χ4n) is 2.68. The second-order valence-corrected chi connectivity index (χ2v) is 8.40. The maximum Gasteiger partial charge on any atom is 1.00 e. The second-order valence-electron chi connectivity index (χ2n) is 6.85. The van der Waals surface area contributed by atoms with Gasteiger partial charge in [0.2, 0.25) is 0 Å². The molecule has 0 fully saturated rings. The van der Waals surface area contributed by atoms with Gasteiger partial charge in [0.05, 0.1) is 19.3 Å². The zero-order chi connectivity index (χ0) is 21.3. The van der Waals surface area contributed by atoms with Crippen molar-refractivity contribution in [2.24, 2.45) is 0 Å². The van der Waals surface area contributed by atoms with E-state index < -0.39 is 33.7 Å². The number of esters is 2. The van der Waals surface area contributed by atoms with Crippen LogP contribution in [0.25, 0.3) is 0 Å². The molecule has 29 heavy (non-hydrogen) atoms. The largest absolute Gasteiger partial charge is 1.00 e. The molecule has 0 aromatic heterocycles. The normalized spacial score (nSPS) is 12.4. The van der Waals surface area contributed by atoms with Crippen LogP contribution in [0.5, 0.6) is 0 Å². The van der Waals surface area contributed by atoms with Gasteiger partial charge in [-0.15, -0.1) is 0 Å². The molecule has 0 saturated heterocycles. The van der Waals surface area contributed by atoms with Crippen molar-refractivity contribution in [2.45, 2.75) is 96.1 Å². The molecule has 0 aliphatic rings. The Hall–Kier alpha value is -0.410. The molecule has 164 valence electrons. The molecule has 9 heteroatoms. The summed E-state index contributed by atoms with van der Waals surface area (Å²) in [5.74, 6) is -2.17. The first kappa shape index (κ1) is 30.8. The average Bonchev–Trinajstić information content (AvgIpc) is 2.64. The Kier molecular flexibility index (Phi) is 20.7. The van der Waals surface area contributed by atoms with E-state index in [2.05, 4.69) is 11.7 Å². The number of carbonyl (C=O) groups is 2. The summed E-state index contributed by atoms with van der Waals surface area (Å²) in [4.78, 5) is 23.3. The smallest absolute Gasteiger partial charge is 0.747 e. The summed E-state index contributed by atoms with van der Waals surface area (Å²) in [5.41, 5.74) is 0. The van der Waals surface area contributed by atoms with Crippen molar-refractivity contribution in [1.82, 2.24) is 0 Å². The number of hydrogen-bond donors (Lipinski definition) is 0. The van der Waals surface area contributed by atoms with Crippen LogP contribution in [-0.2, 0) is 29.2 Å². The predicted octanol–water partition coefficient (Wildman–Crippen LogP) is 1.23. The number of ether oxygens (including phenoxy) is 2. The minimum absolute atomic E-state index is 0. The van der Waals surface area contributed by atoms with Crippen molar-refractivity contribution in [3.05, 3.63) is 12.3 Å². The van der Waals surface area contributed by atoms with Crippen molar-refractivity contribution in [1.29, 1.82) is 0 Å². The van der Waals surface area contributed by atoms with E-state index in [1.807, 2.05) is 0 Å². The van der Waals surface area contributed by atoms with E-state index in [0.29, 0.717) is 6.42 Å². The number of unbranched alkanes of at least 4 members (excludes halogenated alkanes) is 10. The molecule has 0 aliphatic heterocycles. The van der Waals surface area contributed by atoms with E-state index in [1.165, 1.54) is 51.0 Å². The molecule has 0 N–H and O–H groups in total. The van der Waals surface area contributed by atoms with Gasteiger partial charge in [-0.05, 0) is 13.3 Å². The van der Waals surface area contributed by atoms with Crippen LogP contribution in [0.1, 0.15) is 90.9 Å². The summed E-state index contributed by atoms with van der Waals surface area (Å²) in [6, 6.07) is 0. The van der Waals surface area contributed by atoms with Gasteiger partial charge in [-0.3, -0.25) is 9.59 Å². The van der Waals surface area contributed by atoms with Crippen LogP contribution in [0.3, 0.4) is 0 Å². The Labute approximate surface area is 198 Å². The number of hydrogen-bond acceptors (Lipinski definition) is 7. The van der Waals surface area contributed by atoms with Gasteiger partial charge in [0, 0.05) is 0 Å². The molecular formula is C20H35NaO7S. The quantitative estimate of drug-likeness (QED) is 0.110. The second kappa shape index (κ2) is 19.5. The molecule has 0 aromatic rings. The number of rotatable bonds is 17. The third-order valence-electron chi connectivity index (χ3n) is 4.29. The maximum absolute atomic E-state index is 11.7. The number of carbonyl (C=O) groups excluding carboxylic acids is 2. The summed E-state index contributed by atoms with van der Waals surface area (Å²) in [6.45, 7) is 3.90. The van der Waals surface area contributed by atoms with Crippen molar-refractivity contribution in [3.63, 3.8) is 0 Å². The Morgan fingerprint density at radius 3 is 1.86 bits per heavy atom. The molecule has 0 radical (unpaired) electrons. The summed E-state index contributed by atoms with van der Waals surface area (Å²) >= 11 is 0. The Morgan fingerprint density at radius 1 is 0.931 bits per heavy atom. The Morgan fingerprint density at radius 2 is 1.41 bits per heavy atom. The molecular weight excluding hydrogens is 407 g/mol. The summed E-state index contributed by atoms with van der Waals surface area (Å²) in [5, 5.41) is -2.09. The molecule has 0 saturated carbocycles. The topological polar surface area (TPSA) is 110 Å². The molecule has 1 unspecified atom stereocenters. The van der Waals surface area contributed by atoms with E-state index in [9.17, 15) is 22.6 Å². The van der Waals surface area contributed by atoms with Crippen LogP contribution in [0, 0.1) is 0 Å². The standard InChI is InChI=1S/C20H36O7S.Na/c1-3-5-6-7-8-9-10-11-12-13-14-16-26-19(21)17-18(28(23,24)25)20(22)27-15-4-2;/h4,15,18H,3,5-14,16-17H2,1-2H3,(H,23,24,25);/q;+1/p-1/b15-4+;. The molecule has 0 bridgehead atoms. The Bertz CT molecular complexity index is 561. The zero-order valence-electron chi connectivity index (χ0n) is 18.2. The minimum atomic E-state index is -5.00. The summed E-state index contributed by atoms with van der Waals surface area (Å²) < 4.78 is 42.9. The van der Waals surface area contributed by atoms with Crippen molar-refractivity contribution < 1.29 is 61.6 Å². The average molecular weight is 443 g/mol. The van der Waals surface area contributed by atoms with E-state index in [-0.39, 0.29) is 36.2 Å². The fourth-order valence-corrected chi connectivity index (χ4v) is 3.31. The van der Waals surface area contributed by atoms with E-state index in [0.717, 1.165) is 25.5 Å². The molecule has 7 nitrogen and oxygen atoms in total. The van der Waals surface area contributed by atoms with Gasteiger partial charge in [0.1, 0.15) is 10.1 Å². The van der Waals surface area contributed by atoms with E-state index >= 15 is 0 Å². The van der Waals surface area contributed by atoms with E-state index in [1.54, 1.807) is 6.92 Å². The fraction of sp³-hybridized carbons (Fsp3) is 0.800. The molecule has 0 rings (SSSR count). The first-order valence-corrected chi connectivity index (χ1v) is 11.7. The Balaban J connectivity index is 0. The number of allylic oxidation sites excluding steroid dienone is 1. The van der Waals surface area contributed by atoms with Crippen molar-refractivity contribution >= 4 is 22.1 Å². The van der Waals surface area contributed by atoms with Gasteiger partial charge >= 0.3 is 41.5 Å². The first-order chi connectivity index (χ1) is 13.3. The van der Waals surface area contributed by atoms with Gasteiger partial charge in [0.15, 0.2) is 5.25 Å². The van der Waals surface area contributed by atoms with Crippen molar-refractivity contribution in [3.8, 4) is 0 Å². The zero-order valence-corrected chi connectivity index (χ0v) is 21.0. The van der Waals surface area contributed by atoms with Gasteiger partial charge in [0.25, 0.3) is 0 Å². The van der Waals surface area contributed by atoms with Crippen LogP contribution in [-0.4, -0.2) is 36.8 Å². The molecule has 0 spiro atoms. The third kappa shape index (κ3) is 18.1. The summed E-state index contributed by atoms with van der Waals surface area (Å²) in [7, 11) is -5.00. The van der Waals surface area contributed by atoms with Crippen LogP contribution >= 0.6 is 0 Å². The summed E-state index contributed by atoms with van der Waals surface area (Å²) in [6.07, 6.45) is 14.2.